The van der Waals surface area contributed by atoms with Gasteiger partial charge in [-0.05, 0) is 38.6 Å². The fourth-order valence-corrected chi connectivity index (χ4v) is 2.35. The Hall–Kier alpha value is -1.95. The van der Waals surface area contributed by atoms with E-state index >= 15 is 0 Å². The average Bonchev–Trinajstić information content (AvgIpc) is 2.44. The molecule has 1 aliphatic heterocycles. The minimum Gasteiger partial charge on any atom is -0.444 e. The summed E-state index contributed by atoms with van der Waals surface area (Å²) in [4.78, 5) is 30.5. The molecule has 0 aromatic carbocycles. The third-order valence-electron chi connectivity index (χ3n) is 3.41. The van der Waals surface area contributed by atoms with Crippen molar-refractivity contribution in [1.82, 2.24) is 9.80 Å². The zero-order valence-electron chi connectivity index (χ0n) is 14.7. The van der Waals surface area contributed by atoms with Crippen LogP contribution in [-0.4, -0.2) is 59.6 Å². The second kappa shape index (κ2) is 8.06. The Balaban J connectivity index is 2.59. The molecule has 0 radical (unpaired) electrons. The highest BCUT2D eigenvalue weighted by molar-refractivity contribution is 5.82. The third-order valence-corrected chi connectivity index (χ3v) is 3.41. The molecule has 1 aliphatic rings. The highest BCUT2D eigenvalue weighted by Crippen LogP contribution is 2.15. The Morgan fingerprint density at radius 1 is 1.17 bits per heavy atom. The second-order valence-electron chi connectivity index (χ2n) is 7.14. The molecule has 0 aromatic rings. The number of rotatable bonds is 4. The molecule has 130 valence electrons. The van der Waals surface area contributed by atoms with Crippen LogP contribution in [0.15, 0.2) is 5.11 Å². The van der Waals surface area contributed by atoms with Gasteiger partial charge >= 0.3 is 6.09 Å². The van der Waals surface area contributed by atoms with E-state index in [1.165, 1.54) is 0 Å². The lowest BCUT2D eigenvalue weighted by Crippen LogP contribution is -2.53. The van der Waals surface area contributed by atoms with Crippen LogP contribution in [-0.2, 0) is 9.53 Å². The topological polar surface area (TPSA) is 98.6 Å². The smallest absolute Gasteiger partial charge is 0.410 e. The summed E-state index contributed by atoms with van der Waals surface area (Å²) in [5.74, 6) is 0.0952. The Kier molecular flexibility index (Phi) is 6.69. The van der Waals surface area contributed by atoms with E-state index in [4.69, 9.17) is 10.3 Å². The van der Waals surface area contributed by atoms with Crippen LogP contribution >= 0.6 is 0 Å². The maximum absolute atomic E-state index is 12.5. The number of ether oxygens (including phenoxy) is 1. The molecule has 2 amide bonds. The van der Waals surface area contributed by atoms with Gasteiger partial charge in [-0.3, -0.25) is 4.79 Å². The molecule has 8 nitrogen and oxygen atoms in total. The van der Waals surface area contributed by atoms with E-state index in [1.807, 2.05) is 34.6 Å². The van der Waals surface area contributed by atoms with Crippen LogP contribution in [0.25, 0.3) is 10.4 Å². The first-order chi connectivity index (χ1) is 10.6. The van der Waals surface area contributed by atoms with E-state index in [9.17, 15) is 9.59 Å². The molecular weight excluding hydrogens is 298 g/mol. The first-order valence-electron chi connectivity index (χ1n) is 7.95. The van der Waals surface area contributed by atoms with Crippen molar-refractivity contribution in [3.05, 3.63) is 10.4 Å². The molecule has 0 spiro atoms. The monoisotopic (exact) mass is 325 g/mol. The van der Waals surface area contributed by atoms with Crippen LogP contribution in [0, 0.1) is 5.92 Å². The molecule has 1 saturated heterocycles. The predicted molar refractivity (Wildman–Crippen MR) is 86.8 cm³/mol. The van der Waals surface area contributed by atoms with Gasteiger partial charge in [0.05, 0.1) is 0 Å². The van der Waals surface area contributed by atoms with Gasteiger partial charge in [0.25, 0.3) is 0 Å². The number of carbonyl (C=O) groups excluding carboxylic acids is 2. The van der Waals surface area contributed by atoms with Crippen molar-refractivity contribution < 1.29 is 14.3 Å². The summed E-state index contributed by atoms with van der Waals surface area (Å²) in [5.41, 5.74) is 8.10. The van der Waals surface area contributed by atoms with Crippen LogP contribution in [0.2, 0.25) is 0 Å². The van der Waals surface area contributed by atoms with Crippen molar-refractivity contribution in [3.63, 3.8) is 0 Å². The maximum atomic E-state index is 12.5. The fraction of sp³-hybridized carbons (Fsp3) is 0.867. The summed E-state index contributed by atoms with van der Waals surface area (Å²) in [6.45, 7) is 11.1. The summed E-state index contributed by atoms with van der Waals surface area (Å²) in [5, 5.41) is 3.63. The van der Waals surface area contributed by atoms with E-state index in [0.29, 0.717) is 32.6 Å². The van der Waals surface area contributed by atoms with E-state index < -0.39 is 11.6 Å². The van der Waals surface area contributed by atoms with Crippen molar-refractivity contribution in [2.45, 2.75) is 52.7 Å². The normalized spacial score (nSPS) is 16.8. The summed E-state index contributed by atoms with van der Waals surface area (Å²) in [6, 6.07) is -0.673. The Morgan fingerprint density at radius 2 is 1.70 bits per heavy atom. The van der Waals surface area contributed by atoms with Gasteiger partial charge in [0.2, 0.25) is 5.91 Å². The highest BCUT2D eigenvalue weighted by Gasteiger charge is 2.30. The molecule has 8 heteroatoms. The number of piperazine rings is 1. The minimum atomic E-state index is -0.673. The summed E-state index contributed by atoms with van der Waals surface area (Å²) < 4.78 is 5.33. The van der Waals surface area contributed by atoms with E-state index in [2.05, 4.69) is 10.0 Å². The molecule has 23 heavy (non-hydrogen) atoms. The third kappa shape index (κ3) is 6.36. The molecule has 0 bridgehead atoms. The molecule has 0 aromatic heterocycles. The lowest BCUT2D eigenvalue weighted by molar-refractivity contribution is -0.134. The summed E-state index contributed by atoms with van der Waals surface area (Å²) in [7, 11) is 0. The van der Waals surface area contributed by atoms with Crippen LogP contribution in [0.1, 0.15) is 41.0 Å². The highest BCUT2D eigenvalue weighted by atomic mass is 16.6. The fourth-order valence-electron chi connectivity index (χ4n) is 2.35. The van der Waals surface area contributed by atoms with Gasteiger partial charge < -0.3 is 14.5 Å². The van der Waals surface area contributed by atoms with Crippen molar-refractivity contribution in [3.8, 4) is 0 Å². The van der Waals surface area contributed by atoms with Crippen LogP contribution in [0.4, 0.5) is 4.79 Å². The van der Waals surface area contributed by atoms with Crippen molar-refractivity contribution in [2.24, 2.45) is 11.0 Å². The first kappa shape index (κ1) is 19.1. The number of hydrogen-bond acceptors (Lipinski definition) is 4. The van der Waals surface area contributed by atoms with E-state index in [0.717, 1.165) is 0 Å². The van der Waals surface area contributed by atoms with E-state index in [-0.39, 0.29) is 17.9 Å². The zero-order valence-corrected chi connectivity index (χ0v) is 14.7. The lowest BCUT2D eigenvalue weighted by Gasteiger charge is -2.36. The molecule has 0 saturated carbocycles. The lowest BCUT2D eigenvalue weighted by atomic mass is 10.0. The molecule has 0 unspecified atom stereocenters. The number of hydrogen-bond donors (Lipinski definition) is 0. The van der Waals surface area contributed by atoms with Crippen LogP contribution in [0.3, 0.4) is 0 Å². The average molecular weight is 325 g/mol. The first-order valence-corrected chi connectivity index (χ1v) is 7.95. The largest absolute Gasteiger partial charge is 0.444 e. The zero-order chi connectivity index (χ0) is 17.6. The minimum absolute atomic E-state index is 0.166. The van der Waals surface area contributed by atoms with Gasteiger partial charge in [-0.2, -0.15) is 0 Å². The number of carbonyl (C=O) groups is 2. The SMILES string of the molecule is CC(C)C[C@@H](N=[N+]=[N-])C(=O)N1CCN(C(=O)OC(C)(C)C)CC1. The van der Waals surface area contributed by atoms with Crippen molar-refractivity contribution in [2.75, 3.05) is 26.2 Å². The summed E-state index contributed by atoms with van der Waals surface area (Å²) >= 11 is 0. The predicted octanol–water partition coefficient (Wildman–Crippen LogP) is 2.79. The van der Waals surface area contributed by atoms with Crippen molar-refractivity contribution in [1.29, 1.82) is 0 Å². The quantitative estimate of drug-likeness (QED) is 0.451. The van der Waals surface area contributed by atoms with Gasteiger partial charge in [-0.1, -0.05) is 19.0 Å². The van der Waals surface area contributed by atoms with Gasteiger partial charge in [-0.25, -0.2) is 4.79 Å². The Morgan fingerprint density at radius 3 is 2.13 bits per heavy atom. The van der Waals surface area contributed by atoms with Gasteiger partial charge in [-0.15, -0.1) is 0 Å². The number of nitrogens with zero attached hydrogens (tertiary/aromatic N) is 5. The molecule has 1 heterocycles. The Bertz CT molecular complexity index is 472. The molecule has 1 rings (SSSR count). The number of amides is 2. The van der Waals surface area contributed by atoms with Gasteiger partial charge in [0.15, 0.2) is 0 Å². The van der Waals surface area contributed by atoms with Crippen LogP contribution in [0.5, 0.6) is 0 Å². The standard InChI is InChI=1S/C15H27N5O3/c1-11(2)10-12(17-18-16)13(21)19-6-8-20(9-7-19)14(22)23-15(3,4)5/h11-12H,6-10H2,1-5H3/t12-/m1/s1. The van der Waals surface area contributed by atoms with Gasteiger partial charge in [0, 0.05) is 31.1 Å². The van der Waals surface area contributed by atoms with Crippen molar-refractivity contribution >= 4 is 12.0 Å². The summed E-state index contributed by atoms with van der Waals surface area (Å²) in [6.07, 6.45) is 0.160. The number of azide groups is 1. The molecule has 1 fully saturated rings. The molecular formula is C15H27N5O3. The molecule has 0 aliphatic carbocycles. The molecule has 1 atom stereocenters. The second-order valence-corrected chi connectivity index (χ2v) is 7.14. The maximum Gasteiger partial charge on any atom is 0.410 e. The van der Waals surface area contributed by atoms with E-state index in [1.54, 1.807) is 9.80 Å². The van der Waals surface area contributed by atoms with Crippen LogP contribution < -0.4 is 0 Å². The van der Waals surface area contributed by atoms with Gasteiger partial charge in [0.1, 0.15) is 11.6 Å². The Labute approximate surface area is 137 Å². The molecule has 0 N–H and O–H groups in total.